The zero-order valence-corrected chi connectivity index (χ0v) is 15.5. The Kier molecular flexibility index (Phi) is 4.77. The van der Waals surface area contributed by atoms with E-state index in [2.05, 4.69) is 10.1 Å². The SMILES string of the molecule is CCn1nc(C(=O)N2CCN(c3ncccc3F)CC2)c2ccccc2c1=O. The number of rotatable bonds is 3. The average molecular weight is 381 g/mol. The lowest BCUT2D eigenvalue weighted by atomic mass is 10.1. The van der Waals surface area contributed by atoms with Crippen molar-refractivity contribution in [3.05, 3.63) is 64.5 Å². The molecule has 0 spiro atoms. The predicted octanol–water partition coefficient (Wildman–Crippen LogP) is 1.91. The number of amides is 1. The van der Waals surface area contributed by atoms with Gasteiger partial charge in [-0.2, -0.15) is 5.10 Å². The Hall–Kier alpha value is -3.29. The molecule has 0 aliphatic carbocycles. The lowest BCUT2D eigenvalue weighted by Gasteiger charge is -2.35. The lowest BCUT2D eigenvalue weighted by molar-refractivity contribution is 0.0740. The van der Waals surface area contributed by atoms with Crippen LogP contribution in [0, 0.1) is 5.82 Å². The molecule has 1 aliphatic rings. The Morgan fingerprint density at radius 3 is 2.46 bits per heavy atom. The van der Waals surface area contributed by atoms with E-state index in [0.29, 0.717) is 49.3 Å². The summed E-state index contributed by atoms with van der Waals surface area (Å²) in [5, 5.41) is 5.35. The molecule has 4 rings (SSSR count). The van der Waals surface area contributed by atoms with Gasteiger partial charge in [-0.3, -0.25) is 9.59 Å². The topological polar surface area (TPSA) is 71.3 Å². The van der Waals surface area contributed by atoms with Crippen LogP contribution >= 0.6 is 0 Å². The lowest BCUT2D eigenvalue weighted by Crippen LogP contribution is -2.49. The first-order chi connectivity index (χ1) is 13.6. The Morgan fingerprint density at radius 1 is 1.07 bits per heavy atom. The van der Waals surface area contributed by atoms with Crippen molar-refractivity contribution in [1.29, 1.82) is 0 Å². The summed E-state index contributed by atoms with van der Waals surface area (Å²) in [5.41, 5.74) is 0.0691. The van der Waals surface area contributed by atoms with Crippen LogP contribution in [0.15, 0.2) is 47.4 Å². The second-order valence-electron chi connectivity index (χ2n) is 6.60. The van der Waals surface area contributed by atoms with Crippen molar-refractivity contribution < 1.29 is 9.18 Å². The smallest absolute Gasteiger partial charge is 0.275 e. The summed E-state index contributed by atoms with van der Waals surface area (Å²) in [6, 6.07) is 9.96. The number of benzene rings is 1. The van der Waals surface area contributed by atoms with Gasteiger partial charge in [0, 0.05) is 44.3 Å². The quantitative estimate of drug-likeness (QED) is 0.693. The number of hydrogen-bond donors (Lipinski definition) is 0. The predicted molar refractivity (Wildman–Crippen MR) is 104 cm³/mol. The van der Waals surface area contributed by atoms with E-state index in [0.717, 1.165) is 0 Å². The van der Waals surface area contributed by atoms with Gasteiger partial charge in [0.15, 0.2) is 17.3 Å². The monoisotopic (exact) mass is 381 g/mol. The van der Waals surface area contributed by atoms with Crippen LogP contribution in [0.1, 0.15) is 17.4 Å². The van der Waals surface area contributed by atoms with Crippen LogP contribution in [0.2, 0.25) is 0 Å². The van der Waals surface area contributed by atoms with Crippen molar-refractivity contribution in [1.82, 2.24) is 19.7 Å². The molecular formula is C20H20FN5O2. The molecule has 28 heavy (non-hydrogen) atoms. The van der Waals surface area contributed by atoms with Crippen LogP contribution in [-0.2, 0) is 6.54 Å². The number of aromatic nitrogens is 3. The summed E-state index contributed by atoms with van der Waals surface area (Å²) in [5.74, 6) is -0.290. The van der Waals surface area contributed by atoms with Crippen molar-refractivity contribution in [3.63, 3.8) is 0 Å². The van der Waals surface area contributed by atoms with Crippen LogP contribution < -0.4 is 10.5 Å². The number of halogens is 1. The van der Waals surface area contributed by atoms with E-state index in [1.54, 1.807) is 41.4 Å². The minimum absolute atomic E-state index is 0.204. The number of carbonyl (C=O) groups is 1. The summed E-state index contributed by atoms with van der Waals surface area (Å²) in [6.07, 6.45) is 1.56. The molecule has 1 aliphatic heterocycles. The molecule has 0 atom stereocenters. The van der Waals surface area contributed by atoms with Gasteiger partial charge in [-0.1, -0.05) is 18.2 Å². The third kappa shape index (κ3) is 3.11. The minimum atomic E-state index is -0.370. The molecule has 7 nitrogen and oxygen atoms in total. The summed E-state index contributed by atoms with van der Waals surface area (Å²) >= 11 is 0. The second-order valence-corrected chi connectivity index (χ2v) is 6.60. The summed E-state index contributed by atoms with van der Waals surface area (Å²) in [4.78, 5) is 33.2. The molecule has 3 heterocycles. The second kappa shape index (κ2) is 7.38. The highest BCUT2D eigenvalue weighted by atomic mass is 19.1. The Bertz CT molecular complexity index is 1090. The minimum Gasteiger partial charge on any atom is -0.351 e. The molecule has 8 heteroatoms. The standard InChI is InChI=1S/C20H20FN5O2/c1-2-26-19(27)15-7-4-3-6-14(15)17(23-26)20(28)25-12-10-24(11-13-25)18-16(21)8-5-9-22-18/h3-9H,2,10-13H2,1H3. The molecule has 0 N–H and O–H groups in total. The van der Waals surface area contributed by atoms with Crippen LogP contribution in [0.3, 0.4) is 0 Å². The molecule has 1 aromatic carbocycles. The number of pyridine rings is 1. The molecule has 2 aromatic heterocycles. The molecule has 1 amide bonds. The highest BCUT2D eigenvalue weighted by Crippen LogP contribution is 2.20. The van der Waals surface area contributed by atoms with E-state index in [4.69, 9.17) is 0 Å². The number of piperazine rings is 1. The molecule has 0 unspecified atom stereocenters. The highest BCUT2D eigenvalue weighted by Gasteiger charge is 2.27. The summed E-state index contributed by atoms with van der Waals surface area (Å²) < 4.78 is 15.3. The van der Waals surface area contributed by atoms with Gasteiger partial charge < -0.3 is 9.80 Å². The summed E-state index contributed by atoms with van der Waals surface area (Å²) in [6.45, 7) is 4.01. The van der Waals surface area contributed by atoms with Crippen LogP contribution in [0.4, 0.5) is 10.2 Å². The maximum Gasteiger partial charge on any atom is 0.275 e. The number of nitrogens with zero attached hydrogens (tertiary/aromatic N) is 5. The van der Waals surface area contributed by atoms with E-state index >= 15 is 0 Å². The van der Waals surface area contributed by atoms with Gasteiger partial charge in [-0.15, -0.1) is 0 Å². The number of carbonyl (C=O) groups excluding carboxylic acids is 1. The van der Waals surface area contributed by atoms with Crippen LogP contribution in [0.5, 0.6) is 0 Å². The van der Waals surface area contributed by atoms with Gasteiger partial charge in [0.1, 0.15) is 0 Å². The maximum absolute atomic E-state index is 14.0. The van der Waals surface area contributed by atoms with Gasteiger partial charge >= 0.3 is 0 Å². The third-order valence-corrected chi connectivity index (χ3v) is 4.98. The molecule has 1 fully saturated rings. The van der Waals surface area contributed by atoms with E-state index in [1.807, 2.05) is 11.8 Å². The van der Waals surface area contributed by atoms with Gasteiger partial charge in [-0.25, -0.2) is 14.1 Å². The molecule has 144 valence electrons. The molecule has 0 bridgehead atoms. The van der Waals surface area contributed by atoms with Gasteiger partial charge in [0.2, 0.25) is 0 Å². The molecule has 0 saturated carbocycles. The van der Waals surface area contributed by atoms with E-state index in [1.165, 1.54) is 10.7 Å². The maximum atomic E-state index is 14.0. The first-order valence-corrected chi connectivity index (χ1v) is 9.24. The number of fused-ring (bicyclic) bond motifs is 1. The average Bonchev–Trinajstić information content (AvgIpc) is 2.74. The van der Waals surface area contributed by atoms with E-state index < -0.39 is 0 Å². The summed E-state index contributed by atoms with van der Waals surface area (Å²) in [7, 11) is 0. The fourth-order valence-electron chi connectivity index (χ4n) is 3.49. The van der Waals surface area contributed by atoms with Gasteiger partial charge in [0.25, 0.3) is 11.5 Å². The molecule has 0 radical (unpaired) electrons. The zero-order valence-electron chi connectivity index (χ0n) is 15.5. The Labute approximate surface area is 161 Å². The molecular weight excluding hydrogens is 361 g/mol. The van der Waals surface area contributed by atoms with Gasteiger partial charge in [-0.05, 0) is 25.1 Å². The first kappa shape index (κ1) is 18.1. The van der Waals surface area contributed by atoms with Crippen LogP contribution in [0.25, 0.3) is 10.8 Å². The largest absolute Gasteiger partial charge is 0.351 e. The van der Waals surface area contributed by atoms with E-state index in [9.17, 15) is 14.0 Å². The fourth-order valence-corrected chi connectivity index (χ4v) is 3.49. The highest BCUT2D eigenvalue weighted by molar-refractivity contribution is 6.04. The first-order valence-electron chi connectivity index (χ1n) is 9.24. The fraction of sp³-hybridized carbons (Fsp3) is 0.300. The molecule has 1 saturated heterocycles. The van der Waals surface area contributed by atoms with E-state index in [-0.39, 0.29) is 23.0 Å². The Balaban J connectivity index is 1.61. The normalized spacial score (nSPS) is 14.5. The zero-order chi connectivity index (χ0) is 19.7. The Morgan fingerprint density at radius 2 is 1.79 bits per heavy atom. The van der Waals surface area contributed by atoms with Gasteiger partial charge in [0.05, 0.1) is 5.39 Å². The van der Waals surface area contributed by atoms with Crippen molar-refractivity contribution in [2.24, 2.45) is 0 Å². The van der Waals surface area contributed by atoms with Crippen molar-refractivity contribution in [2.45, 2.75) is 13.5 Å². The number of aryl methyl sites for hydroxylation is 1. The molecule has 3 aromatic rings. The number of anilines is 1. The third-order valence-electron chi connectivity index (χ3n) is 4.98. The van der Waals surface area contributed by atoms with Crippen LogP contribution in [-0.4, -0.2) is 51.8 Å². The van der Waals surface area contributed by atoms with Crippen molar-refractivity contribution >= 4 is 22.5 Å². The number of hydrogen-bond acceptors (Lipinski definition) is 5. The van der Waals surface area contributed by atoms with Crippen molar-refractivity contribution in [3.8, 4) is 0 Å². The van der Waals surface area contributed by atoms with Crippen molar-refractivity contribution in [2.75, 3.05) is 31.1 Å².